The molecule has 0 saturated heterocycles. The predicted octanol–water partition coefficient (Wildman–Crippen LogP) is 2.38. The van der Waals surface area contributed by atoms with Gasteiger partial charge in [0.15, 0.2) is 0 Å². The third kappa shape index (κ3) is 2.21. The van der Waals surface area contributed by atoms with Gasteiger partial charge in [-0.1, -0.05) is 19.3 Å². The van der Waals surface area contributed by atoms with Crippen LogP contribution in [0.4, 0.5) is 0 Å². The molecule has 2 rings (SSSR count). The van der Waals surface area contributed by atoms with Crippen LogP contribution < -0.4 is 5.73 Å². The molecule has 0 aromatic heterocycles. The van der Waals surface area contributed by atoms with E-state index in [9.17, 15) is 0 Å². The first-order valence-electron chi connectivity index (χ1n) is 6.69. The summed E-state index contributed by atoms with van der Waals surface area (Å²) >= 11 is 0. The second kappa shape index (κ2) is 4.84. The van der Waals surface area contributed by atoms with E-state index in [0.717, 1.165) is 24.4 Å². The van der Waals surface area contributed by atoms with E-state index in [1.54, 1.807) is 0 Å². The summed E-state index contributed by atoms with van der Waals surface area (Å²) in [5.74, 6) is 0. The van der Waals surface area contributed by atoms with Crippen LogP contribution in [-0.2, 0) is 0 Å². The van der Waals surface area contributed by atoms with Crippen molar-refractivity contribution in [1.29, 1.82) is 0 Å². The van der Waals surface area contributed by atoms with Crippen LogP contribution in [0.15, 0.2) is 0 Å². The maximum atomic E-state index is 5.58. The number of nitrogens with zero attached hydrogens (tertiary/aromatic N) is 1. The summed E-state index contributed by atoms with van der Waals surface area (Å²) in [6.07, 6.45) is 11.5. The standard InChI is InChI=1S/C13H26N2/c1-15(11-5-10-14)12-6-9-13(12)7-3-2-4-8-13/h12H,2-11,14H2,1H3. The summed E-state index contributed by atoms with van der Waals surface area (Å²) in [6.45, 7) is 2.03. The van der Waals surface area contributed by atoms with Crippen LogP contribution in [-0.4, -0.2) is 31.1 Å². The molecule has 2 nitrogen and oxygen atoms in total. The van der Waals surface area contributed by atoms with Gasteiger partial charge in [-0.3, -0.25) is 0 Å². The van der Waals surface area contributed by atoms with Gasteiger partial charge in [-0.15, -0.1) is 0 Å². The Hall–Kier alpha value is -0.0800. The lowest BCUT2D eigenvalue weighted by atomic mass is 9.57. The molecule has 2 aliphatic rings. The quantitative estimate of drug-likeness (QED) is 0.772. The zero-order valence-electron chi connectivity index (χ0n) is 10.2. The molecule has 1 atom stereocenters. The van der Waals surface area contributed by atoms with E-state index >= 15 is 0 Å². The second-order valence-electron chi connectivity index (χ2n) is 5.60. The van der Waals surface area contributed by atoms with Crippen LogP contribution in [0.1, 0.15) is 51.4 Å². The highest BCUT2D eigenvalue weighted by Gasteiger charge is 2.48. The van der Waals surface area contributed by atoms with Gasteiger partial charge < -0.3 is 10.6 Å². The van der Waals surface area contributed by atoms with Gasteiger partial charge in [-0.2, -0.15) is 0 Å². The topological polar surface area (TPSA) is 29.3 Å². The molecule has 15 heavy (non-hydrogen) atoms. The van der Waals surface area contributed by atoms with Crippen molar-refractivity contribution in [1.82, 2.24) is 4.90 Å². The van der Waals surface area contributed by atoms with Gasteiger partial charge in [-0.25, -0.2) is 0 Å². The van der Waals surface area contributed by atoms with Gasteiger partial charge in [0.05, 0.1) is 0 Å². The Kier molecular flexibility index (Phi) is 3.68. The van der Waals surface area contributed by atoms with Crippen molar-refractivity contribution in [2.75, 3.05) is 20.1 Å². The molecule has 0 heterocycles. The van der Waals surface area contributed by atoms with E-state index < -0.39 is 0 Å². The van der Waals surface area contributed by atoms with Gasteiger partial charge in [0.1, 0.15) is 0 Å². The third-order valence-electron chi connectivity index (χ3n) is 4.72. The van der Waals surface area contributed by atoms with E-state index in [0.29, 0.717) is 0 Å². The molecule has 0 amide bonds. The smallest absolute Gasteiger partial charge is 0.0149 e. The highest BCUT2D eigenvalue weighted by Crippen LogP contribution is 2.53. The Bertz CT molecular complexity index is 197. The molecule has 2 fully saturated rings. The van der Waals surface area contributed by atoms with Crippen LogP contribution >= 0.6 is 0 Å². The van der Waals surface area contributed by atoms with Crippen molar-refractivity contribution >= 4 is 0 Å². The maximum absolute atomic E-state index is 5.58. The minimum Gasteiger partial charge on any atom is -0.330 e. The summed E-state index contributed by atoms with van der Waals surface area (Å²) in [7, 11) is 2.30. The fraction of sp³-hybridized carbons (Fsp3) is 1.00. The van der Waals surface area contributed by atoms with Crippen LogP contribution in [0.5, 0.6) is 0 Å². The largest absolute Gasteiger partial charge is 0.330 e. The maximum Gasteiger partial charge on any atom is 0.0149 e. The first-order chi connectivity index (χ1) is 7.28. The lowest BCUT2D eigenvalue weighted by molar-refractivity contribution is -0.0418. The normalized spacial score (nSPS) is 29.4. The molecule has 0 bridgehead atoms. The summed E-state index contributed by atoms with van der Waals surface area (Å²) < 4.78 is 0. The van der Waals surface area contributed by atoms with Crippen molar-refractivity contribution in [3.05, 3.63) is 0 Å². The van der Waals surface area contributed by atoms with Crippen molar-refractivity contribution in [2.45, 2.75) is 57.4 Å². The van der Waals surface area contributed by atoms with E-state index in [-0.39, 0.29) is 0 Å². The van der Waals surface area contributed by atoms with Gasteiger partial charge >= 0.3 is 0 Å². The van der Waals surface area contributed by atoms with E-state index in [1.807, 2.05) is 0 Å². The minimum absolute atomic E-state index is 0.724. The highest BCUT2D eigenvalue weighted by atomic mass is 15.2. The van der Waals surface area contributed by atoms with Crippen LogP contribution in [0.3, 0.4) is 0 Å². The summed E-state index contributed by atoms with van der Waals surface area (Å²) in [5.41, 5.74) is 6.30. The molecule has 2 saturated carbocycles. The first-order valence-corrected chi connectivity index (χ1v) is 6.69. The van der Waals surface area contributed by atoms with Gasteiger partial charge in [0.25, 0.3) is 0 Å². The van der Waals surface area contributed by atoms with Crippen molar-refractivity contribution in [2.24, 2.45) is 11.1 Å². The van der Waals surface area contributed by atoms with Gasteiger partial charge in [-0.05, 0) is 57.7 Å². The Balaban J connectivity index is 1.86. The Labute approximate surface area is 94.2 Å². The summed E-state index contributed by atoms with van der Waals surface area (Å²) in [6, 6.07) is 0.879. The Morgan fingerprint density at radius 1 is 1.20 bits per heavy atom. The summed E-state index contributed by atoms with van der Waals surface area (Å²) in [4.78, 5) is 2.58. The number of rotatable bonds is 4. The monoisotopic (exact) mass is 210 g/mol. The van der Waals surface area contributed by atoms with Crippen LogP contribution in [0, 0.1) is 5.41 Å². The highest BCUT2D eigenvalue weighted by molar-refractivity contribution is 5.01. The molecule has 2 heteroatoms. The fourth-order valence-corrected chi connectivity index (χ4v) is 3.71. The van der Waals surface area contributed by atoms with E-state index in [4.69, 9.17) is 5.73 Å². The van der Waals surface area contributed by atoms with Crippen molar-refractivity contribution < 1.29 is 0 Å². The number of hydrogen-bond donors (Lipinski definition) is 1. The molecular weight excluding hydrogens is 184 g/mol. The Morgan fingerprint density at radius 2 is 1.93 bits per heavy atom. The zero-order chi connectivity index (χ0) is 10.7. The first kappa shape index (κ1) is 11.4. The molecule has 0 aromatic rings. The SMILES string of the molecule is CN(CCCN)C1CCC12CCCCC2. The van der Waals surface area contributed by atoms with E-state index in [1.165, 1.54) is 51.5 Å². The minimum atomic E-state index is 0.724. The Morgan fingerprint density at radius 3 is 2.47 bits per heavy atom. The molecule has 2 N–H and O–H groups in total. The van der Waals surface area contributed by atoms with Gasteiger partial charge in [0, 0.05) is 6.04 Å². The van der Waals surface area contributed by atoms with Gasteiger partial charge in [0.2, 0.25) is 0 Å². The average molecular weight is 210 g/mol. The lowest BCUT2D eigenvalue weighted by Crippen LogP contribution is -2.55. The molecule has 0 radical (unpaired) electrons. The van der Waals surface area contributed by atoms with Crippen LogP contribution in [0.2, 0.25) is 0 Å². The molecule has 1 unspecified atom stereocenters. The second-order valence-corrected chi connectivity index (χ2v) is 5.60. The number of hydrogen-bond acceptors (Lipinski definition) is 2. The number of nitrogens with two attached hydrogens (primary N) is 1. The molecule has 2 aliphatic carbocycles. The van der Waals surface area contributed by atoms with E-state index in [2.05, 4.69) is 11.9 Å². The molecule has 0 aromatic carbocycles. The molecule has 0 aliphatic heterocycles. The summed E-state index contributed by atoms with van der Waals surface area (Å²) in [5, 5.41) is 0. The fourth-order valence-electron chi connectivity index (χ4n) is 3.71. The zero-order valence-corrected chi connectivity index (χ0v) is 10.2. The van der Waals surface area contributed by atoms with Crippen molar-refractivity contribution in [3.8, 4) is 0 Å². The lowest BCUT2D eigenvalue weighted by Gasteiger charge is -2.55. The van der Waals surface area contributed by atoms with Crippen molar-refractivity contribution in [3.63, 3.8) is 0 Å². The molecular formula is C13H26N2. The third-order valence-corrected chi connectivity index (χ3v) is 4.72. The average Bonchev–Trinajstić information content (AvgIpc) is 2.26. The van der Waals surface area contributed by atoms with Crippen LogP contribution in [0.25, 0.3) is 0 Å². The predicted molar refractivity (Wildman–Crippen MR) is 64.8 cm³/mol. The molecule has 1 spiro atoms. The molecule has 88 valence electrons.